The molecule has 1 aliphatic heterocycles. The van der Waals surface area contributed by atoms with Gasteiger partial charge in [0.25, 0.3) is 5.56 Å². The summed E-state index contributed by atoms with van der Waals surface area (Å²) < 4.78 is 2.75. The highest BCUT2D eigenvalue weighted by Crippen LogP contribution is 2.36. The van der Waals surface area contributed by atoms with E-state index < -0.39 is 11.6 Å². The Kier molecular flexibility index (Phi) is 5.08. The van der Waals surface area contributed by atoms with Crippen LogP contribution in [0.25, 0.3) is 33.2 Å². The van der Waals surface area contributed by atoms with Crippen LogP contribution in [0.5, 0.6) is 0 Å². The molecule has 0 saturated carbocycles. The highest BCUT2D eigenvalue weighted by molar-refractivity contribution is 6.01. The Hall–Kier alpha value is -4.20. The summed E-state index contributed by atoms with van der Waals surface area (Å²) in [5.74, 6) is 0.161. The van der Waals surface area contributed by atoms with E-state index in [9.17, 15) is 14.4 Å². The highest BCUT2D eigenvalue weighted by Gasteiger charge is 2.23. The second kappa shape index (κ2) is 7.98. The summed E-state index contributed by atoms with van der Waals surface area (Å²) in [6.45, 7) is 4.56. The second-order valence-corrected chi connectivity index (χ2v) is 8.73. The van der Waals surface area contributed by atoms with E-state index >= 15 is 0 Å². The maximum absolute atomic E-state index is 13.0. The van der Waals surface area contributed by atoms with Gasteiger partial charge in [0.15, 0.2) is 0 Å². The van der Waals surface area contributed by atoms with Crippen molar-refractivity contribution in [3.8, 4) is 22.3 Å². The summed E-state index contributed by atoms with van der Waals surface area (Å²) in [6, 6.07) is 9.15. The molecule has 5 rings (SSSR count). The number of carbonyl (C=O) groups excluding carboxylic acids is 2. The van der Waals surface area contributed by atoms with Gasteiger partial charge in [-0.25, -0.2) is 9.36 Å². The summed E-state index contributed by atoms with van der Waals surface area (Å²) in [4.78, 5) is 43.1. The molecule has 0 atom stereocenters. The van der Waals surface area contributed by atoms with Crippen molar-refractivity contribution in [3.05, 3.63) is 70.5 Å². The Balaban J connectivity index is 1.62. The number of rotatable bonds is 3. The normalized spacial score (nSPS) is 13.7. The van der Waals surface area contributed by atoms with Gasteiger partial charge in [-0.2, -0.15) is 0 Å². The molecule has 1 fully saturated rings. The van der Waals surface area contributed by atoms with Crippen LogP contribution in [0.3, 0.4) is 0 Å². The van der Waals surface area contributed by atoms with Crippen LogP contribution in [-0.4, -0.2) is 32.6 Å². The number of hydrogen-bond donors (Lipinski definition) is 1. The van der Waals surface area contributed by atoms with E-state index in [4.69, 9.17) is 5.73 Å². The smallest absolute Gasteiger partial charge is 0.325 e. The summed E-state index contributed by atoms with van der Waals surface area (Å²) in [7, 11) is 1.81. The molecule has 1 aromatic carbocycles. The second-order valence-electron chi connectivity index (χ2n) is 8.73. The number of amides is 2. The molecule has 0 unspecified atom stereocenters. The first-order valence-electron chi connectivity index (χ1n) is 11.1. The van der Waals surface area contributed by atoms with Crippen LogP contribution in [-0.2, 0) is 11.8 Å². The lowest BCUT2D eigenvalue weighted by Crippen LogP contribution is -2.32. The summed E-state index contributed by atoms with van der Waals surface area (Å²) in [6.07, 6.45) is 6.56. The van der Waals surface area contributed by atoms with Crippen molar-refractivity contribution in [1.82, 2.24) is 14.1 Å². The van der Waals surface area contributed by atoms with Crippen molar-refractivity contribution in [3.63, 3.8) is 0 Å². The minimum absolute atomic E-state index is 0.161. The van der Waals surface area contributed by atoms with Gasteiger partial charge in [0.05, 0.1) is 0 Å². The number of fused-ring (bicyclic) bond motifs is 1. The van der Waals surface area contributed by atoms with Crippen LogP contribution >= 0.6 is 0 Å². The van der Waals surface area contributed by atoms with E-state index in [1.807, 2.05) is 56.1 Å². The third-order valence-corrected chi connectivity index (χ3v) is 6.68. The Morgan fingerprint density at radius 2 is 1.74 bits per heavy atom. The van der Waals surface area contributed by atoms with Crippen LogP contribution in [0.15, 0.2) is 53.7 Å². The Labute approximate surface area is 196 Å². The molecule has 0 bridgehead atoms. The molecule has 2 amide bonds. The number of nitrogens with two attached hydrogens (primary N) is 1. The first kappa shape index (κ1) is 21.6. The summed E-state index contributed by atoms with van der Waals surface area (Å²) in [5.41, 5.74) is 11.6. The predicted molar refractivity (Wildman–Crippen MR) is 132 cm³/mol. The lowest BCUT2D eigenvalue weighted by atomic mass is 9.98. The zero-order valence-corrected chi connectivity index (χ0v) is 19.3. The maximum Gasteiger partial charge on any atom is 0.325 e. The third-order valence-electron chi connectivity index (χ3n) is 6.68. The van der Waals surface area contributed by atoms with Crippen LogP contribution in [0.4, 0.5) is 10.5 Å². The molecule has 34 heavy (non-hydrogen) atoms. The molecule has 172 valence electrons. The van der Waals surface area contributed by atoms with E-state index in [0.29, 0.717) is 11.9 Å². The average molecular weight is 456 g/mol. The van der Waals surface area contributed by atoms with Crippen molar-refractivity contribution in [1.29, 1.82) is 0 Å². The number of nitrogens with zero attached hydrogens (tertiary/aromatic N) is 4. The average Bonchev–Trinajstić information content (AvgIpc) is 3.37. The molecule has 0 radical (unpaired) electrons. The Bertz CT molecular complexity index is 1530. The monoisotopic (exact) mass is 455 g/mol. The van der Waals surface area contributed by atoms with E-state index in [1.54, 1.807) is 17.0 Å². The van der Waals surface area contributed by atoms with Crippen molar-refractivity contribution in [2.24, 2.45) is 12.8 Å². The highest BCUT2D eigenvalue weighted by atomic mass is 16.2. The van der Waals surface area contributed by atoms with E-state index in [2.05, 4.69) is 4.98 Å². The predicted octanol–water partition coefficient (Wildman–Crippen LogP) is 3.74. The van der Waals surface area contributed by atoms with E-state index in [-0.39, 0.29) is 5.91 Å². The van der Waals surface area contributed by atoms with Crippen molar-refractivity contribution in [2.45, 2.75) is 26.7 Å². The van der Waals surface area contributed by atoms with E-state index in [1.165, 1.54) is 6.20 Å². The quantitative estimate of drug-likeness (QED) is 0.508. The number of benzene rings is 1. The Morgan fingerprint density at radius 3 is 2.38 bits per heavy atom. The van der Waals surface area contributed by atoms with Gasteiger partial charge >= 0.3 is 6.03 Å². The summed E-state index contributed by atoms with van der Waals surface area (Å²) in [5, 5.41) is 0.782. The van der Waals surface area contributed by atoms with Crippen LogP contribution in [0.1, 0.15) is 24.1 Å². The number of anilines is 1. The molecule has 1 aliphatic rings. The minimum Gasteiger partial charge on any atom is -0.351 e. The van der Waals surface area contributed by atoms with Crippen molar-refractivity contribution in [2.75, 3.05) is 11.4 Å². The number of aryl methyl sites for hydroxylation is 2. The number of carbonyl (C=O) groups is 2. The number of aromatic nitrogens is 3. The van der Waals surface area contributed by atoms with Gasteiger partial charge in [-0.1, -0.05) is 12.1 Å². The zero-order valence-electron chi connectivity index (χ0n) is 19.3. The van der Waals surface area contributed by atoms with Crippen LogP contribution < -0.4 is 16.2 Å². The number of hydrogen-bond acceptors (Lipinski definition) is 4. The number of pyridine rings is 2. The van der Waals surface area contributed by atoms with Gasteiger partial charge in [0.1, 0.15) is 5.52 Å². The van der Waals surface area contributed by atoms with Gasteiger partial charge in [0.2, 0.25) is 5.91 Å². The molecule has 4 heterocycles. The molecule has 8 heteroatoms. The summed E-state index contributed by atoms with van der Waals surface area (Å²) >= 11 is 0. The van der Waals surface area contributed by atoms with Crippen LogP contribution in [0, 0.1) is 13.8 Å². The Morgan fingerprint density at radius 1 is 1.03 bits per heavy atom. The van der Waals surface area contributed by atoms with Gasteiger partial charge in [-0.05, 0) is 49.6 Å². The third kappa shape index (κ3) is 3.30. The lowest BCUT2D eigenvalue weighted by molar-refractivity contribution is -0.117. The molecule has 0 spiro atoms. The lowest BCUT2D eigenvalue weighted by Gasteiger charge is -2.16. The molecule has 2 N–H and O–H groups in total. The van der Waals surface area contributed by atoms with Crippen molar-refractivity contribution >= 4 is 28.5 Å². The first-order chi connectivity index (χ1) is 16.3. The van der Waals surface area contributed by atoms with Gasteiger partial charge in [-0.3, -0.25) is 14.6 Å². The SMILES string of the molecule is Cc1cn(C(N)=O)c(=O)c2c1c(-c1cncc(-c3ccc(N4CCCC4=O)cc3)c1)c(C)n2C. The van der Waals surface area contributed by atoms with Gasteiger partial charge < -0.3 is 15.2 Å². The molecule has 3 aromatic heterocycles. The molecule has 1 saturated heterocycles. The first-order valence-corrected chi connectivity index (χ1v) is 11.1. The van der Waals surface area contributed by atoms with Crippen molar-refractivity contribution < 1.29 is 9.59 Å². The minimum atomic E-state index is -0.807. The topological polar surface area (TPSA) is 103 Å². The largest absolute Gasteiger partial charge is 0.351 e. The fourth-order valence-electron chi connectivity index (χ4n) is 4.87. The number of primary amides is 1. The fraction of sp³-hybridized carbons (Fsp3) is 0.231. The maximum atomic E-state index is 13.0. The van der Waals surface area contributed by atoms with Crippen LogP contribution in [0.2, 0.25) is 0 Å². The molecule has 0 aliphatic carbocycles. The van der Waals surface area contributed by atoms with Gasteiger partial charge in [0, 0.05) is 72.1 Å². The fourth-order valence-corrected chi connectivity index (χ4v) is 4.87. The molecular weight excluding hydrogens is 430 g/mol. The molecule has 8 nitrogen and oxygen atoms in total. The molecular formula is C26H25N5O3. The zero-order chi connectivity index (χ0) is 24.1. The van der Waals surface area contributed by atoms with Gasteiger partial charge in [-0.15, -0.1) is 0 Å². The van der Waals surface area contributed by atoms with E-state index in [0.717, 1.165) is 62.1 Å². The molecule has 4 aromatic rings. The standard InChI is InChI=1S/C26H25N5O3/c1-15-14-31(26(27)34)25(33)24-22(15)23(16(2)29(24)3)19-11-18(12-28-13-19)17-6-8-20(9-7-17)30-10-4-5-21(30)32/h6-9,11-14H,4-5,10H2,1-3H3,(H2,27,34).